The first-order chi connectivity index (χ1) is 15.0. The molecule has 0 radical (unpaired) electrons. The smallest absolute Gasteiger partial charge is 0.234 e. The van der Waals surface area contributed by atoms with Crippen molar-refractivity contribution in [2.45, 2.75) is 24.9 Å². The molecule has 4 aromatic rings. The highest BCUT2D eigenvalue weighted by Gasteiger charge is 2.14. The molecule has 1 amide bonds. The number of nitrogens with zero attached hydrogens (tertiary/aromatic N) is 3. The molecular weight excluding hydrogens is 414 g/mol. The van der Waals surface area contributed by atoms with Crippen LogP contribution in [0.1, 0.15) is 25.3 Å². The highest BCUT2D eigenvalue weighted by molar-refractivity contribution is 7.99. The molecule has 0 fully saturated rings. The summed E-state index contributed by atoms with van der Waals surface area (Å²) in [6, 6.07) is 11.5. The van der Waals surface area contributed by atoms with Gasteiger partial charge in [0.05, 0.1) is 25.7 Å². The lowest BCUT2D eigenvalue weighted by atomic mass is 10.0. The van der Waals surface area contributed by atoms with Crippen molar-refractivity contribution in [2.75, 3.05) is 25.3 Å². The fourth-order valence-electron chi connectivity index (χ4n) is 3.22. The zero-order chi connectivity index (χ0) is 22.0. The van der Waals surface area contributed by atoms with Gasteiger partial charge in [-0.05, 0) is 35.7 Å². The Morgan fingerprint density at radius 1 is 1.13 bits per heavy atom. The molecule has 0 saturated heterocycles. The highest BCUT2D eigenvalue weighted by atomic mass is 32.2. The second-order valence-electron chi connectivity index (χ2n) is 7.28. The van der Waals surface area contributed by atoms with Gasteiger partial charge >= 0.3 is 0 Å². The number of nitrogens with one attached hydrogen (secondary N) is 2. The third-order valence-corrected chi connectivity index (χ3v) is 5.74. The van der Waals surface area contributed by atoms with E-state index in [1.807, 2.05) is 6.07 Å². The van der Waals surface area contributed by atoms with Crippen LogP contribution in [0.25, 0.3) is 22.1 Å². The molecule has 8 nitrogen and oxygen atoms in total. The number of ether oxygens (including phenoxy) is 2. The number of benzene rings is 2. The van der Waals surface area contributed by atoms with Gasteiger partial charge in [-0.15, -0.1) is 10.2 Å². The summed E-state index contributed by atoms with van der Waals surface area (Å²) < 4.78 is 10.5. The Balaban J connectivity index is 1.49. The molecule has 31 heavy (non-hydrogen) atoms. The van der Waals surface area contributed by atoms with E-state index in [1.54, 1.807) is 32.4 Å². The normalized spacial score (nSPS) is 11.3. The third-order valence-electron chi connectivity index (χ3n) is 4.90. The van der Waals surface area contributed by atoms with Crippen LogP contribution in [-0.4, -0.2) is 46.0 Å². The Morgan fingerprint density at radius 3 is 2.71 bits per heavy atom. The fourth-order valence-corrected chi connectivity index (χ4v) is 3.81. The molecule has 2 heterocycles. The van der Waals surface area contributed by atoms with E-state index in [0.29, 0.717) is 33.9 Å². The lowest BCUT2D eigenvalue weighted by Gasteiger charge is -2.11. The molecule has 9 heteroatoms. The molecule has 0 spiro atoms. The van der Waals surface area contributed by atoms with E-state index in [1.165, 1.54) is 17.3 Å². The molecule has 0 unspecified atom stereocenters. The van der Waals surface area contributed by atoms with Crippen molar-refractivity contribution < 1.29 is 14.3 Å². The highest BCUT2D eigenvalue weighted by Crippen LogP contribution is 2.30. The van der Waals surface area contributed by atoms with E-state index < -0.39 is 0 Å². The summed E-state index contributed by atoms with van der Waals surface area (Å²) in [5.41, 5.74) is 4.12. The van der Waals surface area contributed by atoms with Gasteiger partial charge in [0.1, 0.15) is 17.0 Å². The number of aromatic amines is 1. The minimum Gasteiger partial charge on any atom is -0.497 e. The first-order valence-corrected chi connectivity index (χ1v) is 10.8. The number of carbonyl (C=O) groups is 1. The van der Waals surface area contributed by atoms with Gasteiger partial charge in [-0.1, -0.05) is 31.7 Å². The van der Waals surface area contributed by atoms with Crippen molar-refractivity contribution >= 4 is 45.4 Å². The van der Waals surface area contributed by atoms with Crippen molar-refractivity contribution in [1.29, 1.82) is 0 Å². The molecular formula is C22H23N5O3S. The van der Waals surface area contributed by atoms with Crippen molar-refractivity contribution in [3.8, 4) is 11.5 Å². The van der Waals surface area contributed by atoms with Crippen LogP contribution < -0.4 is 14.8 Å². The van der Waals surface area contributed by atoms with Gasteiger partial charge in [0, 0.05) is 17.0 Å². The third kappa shape index (κ3) is 4.41. The summed E-state index contributed by atoms with van der Waals surface area (Å²) in [7, 11) is 3.11. The number of hydrogen-bond acceptors (Lipinski definition) is 7. The Kier molecular flexibility index (Phi) is 5.94. The van der Waals surface area contributed by atoms with Crippen molar-refractivity contribution in [3.05, 3.63) is 42.0 Å². The summed E-state index contributed by atoms with van der Waals surface area (Å²) in [6.45, 7) is 4.31. The monoisotopic (exact) mass is 437 g/mol. The predicted octanol–water partition coefficient (Wildman–Crippen LogP) is 4.38. The van der Waals surface area contributed by atoms with E-state index in [0.717, 1.165) is 16.4 Å². The number of anilines is 1. The average molecular weight is 438 g/mol. The largest absolute Gasteiger partial charge is 0.497 e. The first-order valence-electron chi connectivity index (χ1n) is 9.79. The molecule has 2 N–H and O–H groups in total. The van der Waals surface area contributed by atoms with Crippen LogP contribution in [-0.2, 0) is 4.79 Å². The number of aromatic nitrogens is 4. The minimum absolute atomic E-state index is 0.130. The SMILES string of the molecule is COc1ccc(OC)c(NC(=O)CSc2nnc3c(n2)[nH]c2ccc(C(C)C)cc23)c1. The molecule has 160 valence electrons. The van der Waals surface area contributed by atoms with Gasteiger partial charge in [-0.25, -0.2) is 4.98 Å². The number of methoxy groups -OCH3 is 2. The van der Waals surface area contributed by atoms with E-state index in [4.69, 9.17) is 9.47 Å². The van der Waals surface area contributed by atoms with Gasteiger partial charge in [-0.3, -0.25) is 4.79 Å². The maximum Gasteiger partial charge on any atom is 0.234 e. The number of hydrogen-bond donors (Lipinski definition) is 2. The van der Waals surface area contributed by atoms with Crippen LogP contribution in [0.4, 0.5) is 5.69 Å². The summed E-state index contributed by atoms with van der Waals surface area (Å²) >= 11 is 1.22. The number of H-pyrrole nitrogens is 1. The van der Waals surface area contributed by atoms with Gasteiger partial charge < -0.3 is 19.8 Å². The van der Waals surface area contributed by atoms with E-state index >= 15 is 0 Å². The van der Waals surface area contributed by atoms with Crippen LogP contribution in [0, 0.1) is 0 Å². The second-order valence-corrected chi connectivity index (χ2v) is 8.22. The van der Waals surface area contributed by atoms with E-state index in [2.05, 4.69) is 51.5 Å². The summed E-state index contributed by atoms with van der Waals surface area (Å²) in [5.74, 6) is 1.52. The Hall–Kier alpha value is -3.33. The van der Waals surface area contributed by atoms with Gasteiger partial charge in [0.15, 0.2) is 5.65 Å². The molecule has 0 saturated carbocycles. The second kappa shape index (κ2) is 8.81. The van der Waals surface area contributed by atoms with Crippen LogP contribution in [0.3, 0.4) is 0 Å². The van der Waals surface area contributed by atoms with Gasteiger partial charge in [0.2, 0.25) is 11.1 Å². The predicted molar refractivity (Wildman–Crippen MR) is 122 cm³/mol. The number of rotatable bonds is 7. The van der Waals surface area contributed by atoms with Crippen LogP contribution in [0.15, 0.2) is 41.6 Å². The molecule has 2 aromatic carbocycles. The Morgan fingerprint density at radius 2 is 1.97 bits per heavy atom. The van der Waals surface area contributed by atoms with Crippen molar-refractivity contribution in [3.63, 3.8) is 0 Å². The number of amides is 1. The summed E-state index contributed by atoms with van der Waals surface area (Å²) in [4.78, 5) is 20.3. The lowest BCUT2D eigenvalue weighted by Crippen LogP contribution is -2.15. The molecule has 0 aliphatic carbocycles. The van der Waals surface area contributed by atoms with Gasteiger partial charge in [-0.2, -0.15) is 0 Å². The number of fused-ring (bicyclic) bond motifs is 3. The summed E-state index contributed by atoms with van der Waals surface area (Å²) in [6.07, 6.45) is 0. The fraction of sp³-hybridized carbons (Fsp3) is 0.273. The molecule has 2 aromatic heterocycles. The maximum absolute atomic E-state index is 12.4. The zero-order valence-corrected chi connectivity index (χ0v) is 18.5. The molecule has 0 aliphatic heterocycles. The topological polar surface area (TPSA) is 102 Å². The molecule has 4 rings (SSSR count). The van der Waals surface area contributed by atoms with Crippen molar-refractivity contribution in [2.24, 2.45) is 0 Å². The van der Waals surface area contributed by atoms with E-state index in [9.17, 15) is 4.79 Å². The molecule has 0 bridgehead atoms. The summed E-state index contributed by atoms with van der Waals surface area (Å²) in [5, 5.41) is 12.8. The zero-order valence-electron chi connectivity index (χ0n) is 17.7. The standard InChI is InChI=1S/C22H23N5O3S/c1-12(2)13-5-7-16-15(9-13)20-21(24-16)25-22(27-26-20)31-11-19(28)23-17-10-14(29-3)6-8-18(17)30-4/h5-10,12H,11H2,1-4H3,(H,23,28)(H,24,25,27). The maximum atomic E-state index is 12.4. The number of carbonyl (C=O) groups excluding carboxylic acids is 1. The van der Waals surface area contributed by atoms with Gasteiger partial charge in [0.25, 0.3) is 0 Å². The number of thioether (sulfide) groups is 1. The van der Waals surface area contributed by atoms with Crippen molar-refractivity contribution in [1.82, 2.24) is 20.2 Å². The van der Waals surface area contributed by atoms with Crippen LogP contribution >= 0.6 is 11.8 Å². The lowest BCUT2D eigenvalue weighted by molar-refractivity contribution is -0.113. The van der Waals surface area contributed by atoms with E-state index in [-0.39, 0.29) is 11.7 Å². The quantitative estimate of drug-likeness (QED) is 0.414. The molecule has 0 atom stereocenters. The van der Waals surface area contributed by atoms with Crippen LogP contribution in [0.2, 0.25) is 0 Å². The Labute approximate surface area is 183 Å². The molecule has 0 aliphatic rings. The first kappa shape index (κ1) is 20.9. The Bertz CT molecular complexity index is 1250. The average Bonchev–Trinajstić information content (AvgIpc) is 3.14. The minimum atomic E-state index is -0.210. The van der Waals surface area contributed by atoms with Crippen LogP contribution in [0.5, 0.6) is 11.5 Å².